The quantitative estimate of drug-likeness (QED) is 0.666. The van der Waals surface area contributed by atoms with Crippen molar-refractivity contribution < 1.29 is 10.2 Å². The Bertz CT molecular complexity index is 455. The summed E-state index contributed by atoms with van der Waals surface area (Å²) in [7, 11) is 0. The number of hydrogen-bond acceptors (Lipinski definition) is 3. The van der Waals surface area contributed by atoms with Crippen LogP contribution < -0.4 is 5.32 Å². The number of nitrogens with one attached hydrogen (secondary N) is 1. The van der Waals surface area contributed by atoms with Gasteiger partial charge >= 0.3 is 0 Å². The predicted octanol–water partition coefficient (Wildman–Crippen LogP) is 4.07. The van der Waals surface area contributed by atoms with Crippen molar-refractivity contribution in [1.82, 2.24) is 5.32 Å². The van der Waals surface area contributed by atoms with E-state index in [-0.39, 0.29) is 11.8 Å². The molecule has 1 aromatic rings. The first-order valence-electron chi connectivity index (χ1n) is 8.79. The molecular weight excluding hydrogens is 274 g/mol. The van der Waals surface area contributed by atoms with Gasteiger partial charge in [0.05, 0.1) is 6.10 Å². The molecule has 124 valence electrons. The number of aromatic hydroxyl groups is 1. The molecule has 0 aliphatic heterocycles. The fourth-order valence-corrected chi connectivity index (χ4v) is 3.41. The fraction of sp³-hybridized carbons (Fsp3) is 0.684. The normalized spacial score (nSPS) is 19.0. The molecule has 3 N–H and O–H groups in total. The molecule has 0 radical (unpaired) electrons. The van der Waals surface area contributed by atoms with Crippen molar-refractivity contribution >= 4 is 0 Å². The fourth-order valence-electron chi connectivity index (χ4n) is 3.41. The summed E-state index contributed by atoms with van der Waals surface area (Å²) in [6.45, 7) is 4.81. The van der Waals surface area contributed by atoms with Crippen molar-refractivity contribution in [3.05, 3.63) is 29.3 Å². The average molecular weight is 305 g/mol. The summed E-state index contributed by atoms with van der Waals surface area (Å²) in [5.41, 5.74) is 1.61. The summed E-state index contributed by atoms with van der Waals surface area (Å²) in [4.78, 5) is 0. The summed E-state index contributed by atoms with van der Waals surface area (Å²) >= 11 is 0. The molecule has 0 heterocycles. The second-order valence-electron chi connectivity index (χ2n) is 6.88. The molecule has 1 aromatic carbocycles. The van der Waals surface area contributed by atoms with E-state index in [2.05, 4.69) is 5.32 Å². The minimum atomic E-state index is -0.582. The lowest BCUT2D eigenvalue weighted by Crippen LogP contribution is -2.33. The topological polar surface area (TPSA) is 52.5 Å². The molecule has 3 nitrogen and oxygen atoms in total. The Balaban J connectivity index is 1.71. The highest BCUT2D eigenvalue weighted by atomic mass is 16.3. The first-order chi connectivity index (χ1) is 10.6. The van der Waals surface area contributed by atoms with Crippen LogP contribution in [0, 0.1) is 12.8 Å². The van der Waals surface area contributed by atoms with Crippen LogP contribution in [0.15, 0.2) is 18.2 Å². The minimum absolute atomic E-state index is 0.00605. The van der Waals surface area contributed by atoms with E-state index in [1.165, 1.54) is 44.9 Å². The Morgan fingerprint density at radius 1 is 1.23 bits per heavy atom. The molecule has 2 atom stereocenters. The summed E-state index contributed by atoms with van der Waals surface area (Å²) in [6, 6.07) is 5.40. The van der Waals surface area contributed by atoms with Crippen LogP contribution in [-0.4, -0.2) is 22.8 Å². The van der Waals surface area contributed by atoms with Gasteiger partial charge < -0.3 is 15.5 Å². The largest absolute Gasteiger partial charge is 0.508 e. The minimum Gasteiger partial charge on any atom is -0.508 e. The van der Waals surface area contributed by atoms with Gasteiger partial charge in [-0.05, 0) is 56.3 Å². The number of aliphatic hydroxyl groups is 1. The second-order valence-corrected chi connectivity index (χ2v) is 6.88. The van der Waals surface area contributed by atoms with Crippen molar-refractivity contribution in [2.24, 2.45) is 5.92 Å². The van der Waals surface area contributed by atoms with Crippen LogP contribution in [-0.2, 0) is 0 Å². The number of phenols is 1. The van der Waals surface area contributed by atoms with Gasteiger partial charge in [0.2, 0.25) is 0 Å². The predicted molar refractivity (Wildman–Crippen MR) is 91.1 cm³/mol. The first kappa shape index (κ1) is 17.3. The van der Waals surface area contributed by atoms with E-state index in [0.29, 0.717) is 0 Å². The van der Waals surface area contributed by atoms with Crippen molar-refractivity contribution in [2.75, 3.05) is 6.54 Å². The summed E-state index contributed by atoms with van der Waals surface area (Å²) in [6.07, 6.45) is 8.94. The van der Waals surface area contributed by atoms with Crippen molar-refractivity contribution in [3.63, 3.8) is 0 Å². The Morgan fingerprint density at radius 3 is 2.64 bits per heavy atom. The van der Waals surface area contributed by atoms with E-state index in [4.69, 9.17) is 0 Å². The smallest absolute Gasteiger partial charge is 0.118 e. The van der Waals surface area contributed by atoms with Gasteiger partial charge in [0, 0.05) is 6.04 Å². The SMILES string of the molecule is Cc1ccc(C(O)C(C)NCCCC2CCCCC2)cc1O. The van der Waals surface area contributed by atoms with Crippen LogP contribution in [0.5, 0.6) is 5.75 Å². The van der Waals surface area contributed by atoms with E-state index in [9.17, 15) is 10.2 Å². The molecule has 1 aliphatic rings. The summed E-state index contributed by atoms with van der Waals surface area (Å²) < 4.78 is 0. The van der Waals surface area contributed by atoms with E-state index in [0.717, 1.165) is 23.6 Å². The van der Waals surface area contributed by atoms with Crippen molar-refractivity contribution in [1.29, 1.82) is 0 Å². The maximum atomic E-state index is 10.4. The highest BCUT2D eigenvalue weighted by Crippen LogP contribution is 2.27. The van der Waals surface area contributed by atoms with E-state index in [1.54, 1.807) is 6.07 Å². The van der Waals surface area contributed by atoms with Crippen molar-refractivity contribution in [2.45, 2.75) is 70.9 Å². The maximum Gasteiger partial charge on any atom is 0.118 e. The Kier molecular flexibility index (Phi) is 6.71. The number of rotatable bonds is 7. The first-order valence-corrected chi connectivity index (χ1v) is 8.79. The zero-order valence-electron chi connectivity index (χ0n) is 14.0. The van der Waals surface area contributed by atoms with Crippen LogP contribution in [0.2, 0.25) is 0 Å². The number of phenolic OH excluding ortho intramolecular Hbond substituents is 1. The average Bonchev–Trinajstić information content (AvgIpc) is 2.54. The molecule has 2 unspecified atom stereocenters. The van der Waals surface area contributed by atoms with Crippen LogP contribution in [0.25, 0.3) is 0 Å². The molecule has 1 fully saturated rings. The molecule has 22 heavy (non-hydrogen) atoms. The Labute approximate surface area is 134 Å². The van der Waals surface area contributed by atoms with Gasteiger partial charge in [0.1, 0.15) is 5.75 Å². The zero-order valence-corrected chi connectivity index (χ0v) is 14.0. The lowest BCUT2D eigenvalue weighted by atomic mass is 9.86. The molecule has 1 saturated carbocycles. The van der Waals surface area contributed by atoms with Crippen LogP contribution in [0.3, 0.4) is 0 Å². The second kappa shape index (κ2) is 8.54. The van der Waals surface area contributed by atoms with E-state index < -0.39 is 6.10 Å². The highest BCUT2D eigenvalue weighted by molar-refractivity contribution is 5.36. The molecular formula is C19H31NO2. The number of benzene rings is 1. The third kappa shape index (κ3) is 4.99. The van der Waals surface area contributed by atoms with Gasteiger partial charge in [-0.25, -0.2) is 0 Å². The molecule has 0 aromatic heterocycles. The van der Waals surface area contributed by atoms with Crippen molar-refractivity contribution in [3.8, 4) is 5.75 Å². The molecule has 0 amide bonds. The Hall–Kier alpha value is -1.06. The number of aliphatic hydroxyl groups excluding tert-OH is 1. The lowest BCUT2D eigenvalue weighted by molar-refractivity contribution is 0.135. The lowest BCUT2D eigenvalue weighted by Gasteiger charge is -2.23. The van der Waals surface area contributed by atoms with Gasteiger partial charge in [0.15, 0.2) is 0 Å². The van der Waals surface area contributed by atoms with Crippen LogP contribution in [0.4, 0.5) is 0 Å². The molecule has 0 bridgehead atoms. The third-order valence-electron chi connectivity index (χ3n) is 5.03. The maximum absolute atomic E-state index is 10.4. The number of hydrogen-bond donors (Lipinski definition) is 3. The van der Waals surface area contributed by atoms with Gasteiger partial charge in [-0.2, -0.15) is 0 Å². The monoisotopic (exact) mass is 305 g/mol. The molecule has 1 aliphatic carbocycles. The van der Waals surface area contributed by atoms with E-state index >= 15 is 0 Å². The van der Waals surface area contributed by atoms with Gasteiger partial charge in [-0.1, -0.05) is 44.2 Å². The number of aryl methyl sites for hydroxylation is 1. The van der Waals surface area contributed by atoms with Gasteiger partial charge in [-0.3, -0.25) is 0 Å². The summed E-state index contributed by atoms with van der Waals surface area (Å²) in [5.74, 6) is 1.17. The van der Waals surface area contributed by atoms with Gasteiger partial charge in [-0.15, -0.1) is 0 Å². The van der Waals surface area contributed by atoms with Crippen LogP contribution in [0.1, 0.15) is 69.1 Å². The standard InChI is InChI=1S/C19H31NO2/c1-14-10-11-17(13-18(14)21)19(22)15(2)20-12-6-9-16-7-4-3-5-8-16/h10-11,13,15-16,19-22H,3-9,12H2,1-2H3. The third-order valence-corrected chi connectivity index (χ3v) is 5.03. The highest BCUT2D eigenvalue weighted by Gasteiger charge is 2.17. The van der Waals surface area contributed by atoms with Gasteiger partial charge in [0.25, 0.3) is 0 Å². The van der Waals surface area contributed by atoms with E-state index in [1.807, 2.05) is 26.0 Å². The Morgan fingerprint density at radius 2 is 1.95 bits per heavy atom. The molecule has 2 rings (SSSR count). The molecule has 3 heteroatoms. The summed E-state index contributed by atoms with van der Waals surface area (Å²) in [5, 5.41) is 23.6. The molecule has 0 spiro atoms. The zero-order chi connectivity index (χ0) is 15.9. The molecule has 0 saturated heterocycles. The van der Waals surface area contributed by atoms with Crippen LogP contribution >= 0.6 is 0 Å².